The van der Waals surface area contributed by atoms with E-state index in [0.717, 1.165) is 5.56 Å². The summed E-state index contributed by atoms with van der Waals surface area (Å²) in [7, 11) is 0. The van der Waals surface area contributed by atoms with E-state index in [1.165, 1.54) is 0 Å². The monoisotopic (exact) mass is 251 g/mol. The van der Waals surface area contributed by atoms with Gasteiger partial charge in [0, 0.05) is 5.02 Å². The van der Waals surface area contributed by atoms with Crippen molar-refractivity contribution in [2.45, 2.75) is 25.7 Å². The highest BCUT2D eigenvalue weighted by molar-refractivity contribution is 6.30. The molecule has 0 aliphatic heterocycles. The second-order valence-corrected chi connectivity index (χ2v) is 4.33. The van der Waals surface area contributed by atoms with Crippen molar-refractivity contribution in [2.75, 3.05) is 6.61 Å². The number of esters is 1. The molecule has 0 heterocycles. The van der Waals surface area contributed by atoms with Crippen molar-refractivity contribution in [1.29, 1.82) is 5.26 Å². The molecular formula is C13H14ClNO2. The predicted molar refractivity (Wildman–Crippen MR) is 65.7 cm³/mol. The van der Waals surface area contributed by atoms with Gasteiger partial charge in [-0.15, -0.1) is 0 Å². The van der Waals surface area contributed by atoms with E-state index >= 15 is 0 Å². The third kappa shape index (κ3) is 2.98. The molecule has 0 fully saturated rings. The van der Waals surface area contributed by atoms with Gasteiger partial charge in [-0.05, 0) is 31.5 Å². The van der Waals surface area contributed by atoms with Crippen LogP contribution in [0.5, 0.6) is 0 Å². The lowest BCUT2D eigenvalue weighted by atomic mass is 9.80. The van der Waals surface area contributed by atoms with E-state index in [4.69, 9.17) is 21.6 Å². The number of carbonyl (C=O) groups is 1. The van der Waals surface area contributed by atoms with Gasteiger partial charge in [0.2, 0.25) is 0 Å². The fourth-order valence-electron chi connectivity index (χ4n) is 1.56. The summed E-state index contributed by atoms with van der Waals surface area (Å²) in [5, 5.41) is 9.45. The van der Waals surface area contributed by atoms with E-state index in [0.29, 0.717) is 11.6 Å². The third-order valence-electron chi connectivity index (χ3n) is 2.64. The normalized spacial score (nSPS) is 13.5. The molecule has 1 aromatic carbocycles. The summed E-state index contributed by atoms with van der Waals surface area (Å²) in [4.78, 5) is 11.9. The molecule has 0 amide bonds. The highest BCUT2D eigenvalue weighted by Crippen LogP contribution is 2.29. The Bertz CT molecular complexity index is 436. The minimum atomic E-state index is -0.935. The summed E-state index contributed by atoms with van der Waals surface area (Å²) in [5.41, 5.74) is -0.197. The number of nitriles is 1. The van der Waals surface area contributed by atoms with Gasteiger partial charge in [0.05, 0.1) is 19.1 Å². The average Bonchev–Trinajstić information content (AvgIpc) is 2.30. The number of hydrogen-bond acceptors (Lipinski definition) is 3. The Morgan fingerprint density at radius 2 is 2.06 bits per heavy atom. The summed E-state index contributed by atoms with van der Waals surface area (Å²) in [6.45, 7) is 3.75. The molecule has 0 bridgehead atoms. The predicted octanol–water partition coefficient (Wildman–Crippen LogP) is 3.07. The van der Waals surface area contributed by atoms with E-state index < -0.39 is 5.41 Å². The van der Waals surface area contributed by atoms with E-state index in [1.54, 1.807) is 38.1 Å². The van der Waals surface area contributed by atoms with E-state index in [-0.39, 0.29) is 12.4 Å². The fraction of sp³-hybridized carbons (Fsp3) is 0.385. The topological polar surface area (TPSA) is 50.1 Å². The molecular weight excluding hydrogens is 238 g/mol. The lowest BCUT2D eigenvalue weighted by Crippen LogP contribution is -2.34. The Hall–Kier alpha value is -1.53. The van der Waals surface area contributed by atoms with Gasteiger partial charge >= 0.3 is 5.97 Å². The van der Waals surface area contributed by atoms with Crippen LogP contribution in [-0.2, 0) is 14.9 Å². The second kappa shape index (κ2) is 5.70. The molecule has 0 saturated carbocycles. The molecule has 0 N–H and O–H groups in total. The van der Waals surface area contributed by atoms with Gasteiger partial charge in [0.15, 0.2) is 0 Å². The number of halogens is 1. The largest absolute Gasteiger partial charge is 0.465 e. The molecule has 0 aliphatic carbocycles. The minimum absolute atomic E-state index is 0.0769. The number of benzene rings is 1. The van der Waals surface area contributed by atoms with Crippen LogP contribution in [0, 0.1) is 11.3 Å². The minimum Gasteiger partial charge on any atom is -0.465 e. The van der Waals surface area contributed by atoms with Gasteiger partial charge < -0.3 is 4.74 Å². The third-order valence-corrected chi connectivity index (χ3v) is 2.89. The molecule has 1 rings (SSSR count). The average molecular weight is 252 g/mol. The number of hydrogen-bond donors (Lipinski definition) is 0. The molecule has 0 spiro atoms. The van der Waals surface area contributed by atoms with Gasteiger partial charge in [-0.25, -0.2) is 0 Å². The van der Waals surface area contributed by atoms with Crippen molar-refractivity contribution in [3.05, 3.63) is 34.9 Å². The maximum absolute atomic E-state index is 11.9. The molecule has 3 nitrogen and oxygen atoms in total. The Morgan fingerprint density at radius 1 is 1.47 bits per heavy atom. The summed E-state index contributed by atoms with van der Waals surface area (Å²) in [6.07, 6.45) is 0.0769. The lowest BCUT2D eigenvalue weighted by Gasteiger charge is -2.25. The van der Waals surface area contributed by atoms with Crippen molar-refractivity contribution in [3.8, 4) is 6.07 Å². The first-order chi connectivity index (χ1) is 8.04. The van der Waals surface area contributed by atoms with Crippen molar-refractivity contribution in [2.24, 2.45) is 0 Å². The van der Waals surface area contributed by atoms with E-state index in [9.17, 15) is 4.79 Å². The van der Waals surface area contributed by atoms with Crippen molar-refractivity contribution in [3.63, 3.8) is 0 Å². The molecule has 17 heavy (non-hydrogen) atoms. The quantitative estimate of drug-likeness (QED) is 0.773. The summed E-state index contributed by atoms with van der Waals surface area (Å²) >= 11 is 5.80. The molecule has 0 radical (unpaired) electrons. The van der Waals surface area contributed by atoms with Crippen LogP contribution in [0.1, 0.15) is 25.8 Å². The van der Waals surface area contributed by atoms with Crippen LogP contribution in [0.3, 0.4) is 0 Å². The highest BCUT2D eigenvalue weighted by atomic mass is 35.5. The molecule has 90 valence electrons. The number of rotatable bonds is 4. The van der Waals surface area contributed by atoms with Crippen LogP contribution in [0.15, 0.2) is 24.3 Å². The van der Waals surface area contributed by atoms with Gasteiger partial charge in [-0.2, -0.15) is 5.26 Å². The van der Waals surface area contributed by atoms with Gasteiger partial charge in [0.1, 0.15) is 5.41 Å². The first-order valence-electron chi connectivity index (χ1n) is 5.35. The molecule has 0 aliphatic rings. The zero-order valence-corrected chi connectivity index (χ0v) is 10.6. The number of nitrogens with zero attached hydrogens (tertiary/aromatic N) is 1. The van der Waals surface area contributed by atoms with Crippen LogP contribution >= 0.6 is 11.6 Å². The molecule has 1 aromatic rings. The summed E-state index contributed by atoms with van der Waals surface area (Å²) in [6, 6.07) is 8.92. The van der Waals surface area contributed by atoms with Crippen molar-refractivity contribution in [1.82, 2.24) is 0 Å². The SMILES string of the molecule is CCOC(=O)C(C)(CC#N)c1ccc(Cl)cc1. The van der Waals surface area contributed by atoms with Gasteiger partial charge in [-0.3, -0.25) is 4.79 Å². The molecule has 4 heteroatoms. The Kier molecular flexibility index (Phi) is 4.53. The lowest BCUT2D eigenvalue weighted by molar-refractivity contribution is -0.149. The molecule has 1 atom stereocenters. The number of ether oxygens (including phenoxy) is 1. The first kappa shape index (κ1) is 13.5. The fourth-order valence-corrected chi connectivity index (χ4v) is 1.68. The number of carbonyl (C=O) groups excluding carboxylic acids is 1. The summed E-state index contributed by atoms with van der Waals surface area (Å²) in [5.74, 6) is -0.385. The van der Waals surface area contributed by atoms with Crippen LogP contribution in [-0.4, -0.2) is 12.6 Å². The van der Waals surface area contributed by atoms with Crippen molar-refractivity contribution >= 4 is 17.6 Å². The van der Waals surface area contributed by atoms with Crippen LogP contribution < -0.4 is 0 Å². The zero-order chi connectivity index (χ0) is 12.9. The standard InChI is InChI=1S/C13H14ClNO2/c1-3-17-12(16)13(2,8-9-15)10-4-6-11(14)7-5-10/h4-7H,3,8H2,1-2H3. The van der Waals surface area contributed by atoms with E-state index in [1.807, 2.05) is 6.07 Å². The van der Waals surface area contributed by atoms with E-state index in [2.05, 4.69) is 0 Å². The Morgan fingerprint density at radius 3 is 2.53 bits per heavy atom. The maximum Gasteiger partial charge on any atom is 0.317 e. The van der Waals surface area contributed by atoms with Gasteiger partial charge in [-0.1, -0.05) is 23.7 Å². The first-order valence-corrected chi connectivity index (χ1v) is 5.72. The van der Waals surface area contributed by atoms with Gasteiger partial charge in [0.25, 0.3) is 0 Å². The summed E-state index contributed by atoms with van der Waals surface area (Å²) < 4.78 is 5.02. The molecule has 0 aromatic heterocycles. The molecule has 1 unspecified atom stereocenters. The maximum atomic E-state index is 11.9. The smallest absolute Gasteiger partial charge is 0.317 e. The van der Waals surface area contributed by atoms with Crippen LogP contribution in [0.25, 0.3) is 0 Å². The Balaban J connectivity index is 3.11. The second-order valence-electron chi connectivity index (χ2n) is 3.89. The van der Waals surface area contributed by atoms with Crippen LogP contribution in [0.2, 0.25) is 5.02 Å². The Labute approximate surface area is 106 Å². The van der Waals surface area contributed by atoms with Crippen LogP contribution in [0.4, 0.5) is 0 Å². The van der Waals surface area contributed by atoms with Crippen molar-refractivity contribution < 1.29 is 9.53 Å². The highest BCUT2D eigenvalue weighted by Gasteiger charge is 2.36. The molecule has 0 saturated heterocycles. The zero-order valence-electron chi connectivity index (χ0n) is 9.87.